The van der Waals surface area contributed by atoms with Gasteiger partial charge in [-0.2, -0.15) is 4.21 Å². The van der Waals surface area contributed by atoms with Crippen molar-refractivity contribution in [2.75, 3.05) is 56.4 Å². The van der Waals surface area contributed by atoms with E-state index in [2.05, 4.69) is 0 Å². The number of hydrogen-bond donors (Lipinski definition) is 2. The highest BCUT2D eigenvalue weighted by Crippen LogP contribution is 2.27. The fraction of sp³-hybridized carbons (Fsp3) is 0.667. The van der Waals surface area contributed by atoms with E-state index in [-0.39, 0.29) is 0 Å². The third kappa shape index (κ3) is 25.1. The van der Waals surface area contributed by atoms with E-state index >= 15 is 0 Å². The van der Waals surface area contributed by atoms with Crippen LogP contribution in [0.15, 0.2) is 0 Å². The van der Waals surface area contributed by atoms with Crippen LogP contribution in [0.1, 0.15) is 0 Å². The zero-order valence-corrected chi connectivity index (χ0v) is 24.1. The maximum absolute atomic E-state index is 8.67. The van der Waals surface area contributed by atoms with Crippen molar-refractivity contribution in [2.24, 2.45) is 0 Å². The molecule has 0 aromatic rings. The second kappa shape index (κ2) is 20.0. The summed E-state index contributed by atoms with van der Waals surface area (Å²) in [5.74, 6) is 0. The Bertz CT molecular complexity index is 446. The molecule has 2 N–H and O–H groups in total. The van der Waals surface area contributed by atoms with Crippen molar-refractivity contribution in [2.45, 2.75) is 0 Å². The van der Waals surface area contributed by atoms with E-state index in [1.54, 1.807) is 0 Å². The summed E-state index contributed by atoms with van der Waals surface area (Å²) in [6, 6.07) is 0. The van der Waals surface area contributed by atoms with Crippen LogP contribution < -0.4 is 0 Å². The molecule has 0 radical (unpaired) electrons. The highest BCUT2D eigenvalue weighted by Gasteiger charge is 2.05. The van der Waals surface area contributed by atoms with Crippen LogP contribution >= 0.6 is 92.0 Å². The largest absolute Gasteiger partial charge is 0.363 e. The molecular weight excluding hydrogens is 537 g/mol. The van der Waals surface area contributed by atoms with Gasteiger partial charge < -0.3 is 19.6 Å². The van der Waals surface area contributed by atoms with Crippen LogP contribution in [0.5, 0.6) is 0 Å². The molecule has 0 fully saturated rings. The molecule has 7 nitrogen and oxygen atoms in total. The standard InChI is InChI=1S/2C6H12N2S4.H2O3S/c2*1-7(2)5(9)11-12-6(10)8(3)4;1-4(2)3/h2*1-4H3;(H2,1,2,3). The van der Waals surface area contributed by atoms with Crippen LogP contribution in [-0.4, -0.2) is 107 Å². The normalized spacial score (nSPS) is 9.25. The second-order valence-corrected chi connectivity index (χ2v) is 12.5. The summed E-state index contributed by atoms with van der Waals surface area (Å²) >= 11 is 17.7. The van der Waals surface area contributed by atoms with Gasteiger partial charge in [0, 0.05) is 56.4 Å². The van der Waals surface area contributed by atoms with Crippen LogP contribution in [0.2, 0.25) is 0 Å². The van der Waals surface area contributed by atoms with Crippen molar-refractivity contribution in [3.8, 4) is 0 Å². The van der Waals surface area contributed by atoms with E-state index in [1.165, 1.54) is 43.2 Å². The summed E-state index contributed by atoms with van der Waals surface area (Å²) in [7, 11) is 21.5. The van der Waals surface area contributed by atoms with Crippen molar-refractivity contribution < 1.29 is 13.3 Å². The van der Waals surface area contributed by atoms with Gasteiger partial charge in [0.25, 0.3) is 11.4 Å². The lowest BCUT2D eigenvalue weighted by Crippen LogP contribution is -2.18. The van der Waals surface area contributed by atoms with E-state index in [9.17, 15) is 0 Å². The Balaban J connectivity index is -0.000000375. The van der Waals surface area contributed by atoms with Gasteiger partial charge in [0.05, 0.1) is 0 Å². The van der Waals surface area contributed by atoms with Gasteiger partial charge in [-0.05, 0) is 43.2 Å². The first-order valence-corrected chi connectivity index (χ1v) is 14.0. The van der Waals surface area contributed by atoms with Crippen molar-refractivity contribution >= 4 is 121 Å². The average molecular weight is 563 g/mol. The van der Waals surface area contributed by atoms with Crippen molar-refractivity contribution in [1.29, 1.82) is 0 Å². The SMILES string of the molecule is CN(C)C(=S)SSC(=S)N(C)C.CN(C)C(=S)SSC(=S)N(C)C.O=S(O)O. The number of thiocarbonyl (C=S) groups is 4. The molecule has 0 bridgehead atoms. The molecule has 166 valence electrons. The number of rotatable bonds is 0. The molecule has 0 rings (SSSR count). The molecule has 0 heterocycles. The Morgan fingerprint density at radius 3 is 0.750 bits per heavy atom. The monoisotopic (exact) mass is 562 g/mol. The zero-order valence-electron chi connectivity index (χ0n) is 16.8. The summed E-state index contributed by atoms with van der Waals surface area (Å²) < 4.78 is 26.2. The lowest BCUT2D eigenvalue weighted by Gasteiger charge is -2.15. The first-order valence-electron chi connectivity index (χ1n) is 6.97. The first kappa shape index (κ1) is 33.7. The lowest BCUT2D eigenvalue weighted by molar-refractivity contribution is 0.454. The van der Waals surface area contributed by atoms with Gasteiger partial charge in [0.1, 0.15) is 17.3 Å². The first-order chi connectivity index (χ1) is 12.6. The minimum Gasteiger partial charge on any atom is -0.363 e. The third-order valence-electron chi connectivity index (χ3n) is 1.83. The molecule has 0 spiro atoms. The smallest absolute Gasteiger partial charge is 0.299 e. The Morgan fingerprint density at radius 2 is 0.679 bits per heavy atom. The molecule has 0 saturated carbocycles. The van der Waals surface area contributed by atoms with Crippen molar-refractivity contribution in [1.82, 2.24) is 19.6 Å². The second-order valence-electron chi connectivity index (χ2n) is 5.21. The third-order valence-corrected chi connectivity index (χ3v) is 10.1. The summed E-state index contributed by atoms with van der Waals surface area (Å²) in [5.41, 5.74) is 0. The fourth-order valence-corrected chi connectivity index (χ4v) is 5.19. The Hall–Kier alpha value is 1.03. The molecule has 0 aliphatic rings. The van der Waals surface area contributed by atoms with Crippen LogP contribution in [0, 0.1) is 0 Å². The van der Waals surface area contributed by atoms with E-state index in [4.69, 9.17) is 62.2 Å². The summed E-state index contributed by atoms with van der Waals surface area (Å²) in [6.07, 6.45) is 0. The molecular formula is C12H26N4O3S9. The zero-order chi connectivity index (χ0) is 23.0. The molecule has 0 aliphatic carbocycles. The highest BCUT2D eigenvalue weighted by atomic mass is 33.1. The molecule has 0 saturated heterocycles. The van der Waals surface area contributed by atoms with Crippen LogP contribution in [0.3, 0.4) is 0 Å². The minimum absolute atomic E-state index is 0.837. The van der Waals surface area contributed by atoms with E-state index < -0.39 is 11.4 Å². The summed E-state index contributed by atoms with van der Waals surface area (Å²) in [4.78, 5) is 7.58. The Kier molecular flexibility index (Phi) is 24.0. The van der Waals surface area contributed by atoms with Crippen LogP contribution in [0.25, 0.3) is 0 Å². The predicted molar refractivity (Wildman–Crippen MR) is 149 cm³/mol. The molecule has 0 unspecified atom stereocenters. The molecule has 16 heteroatoms. The maximum atomic E-state index is 8.67. The van der Waals surface area contributed by atoms with E-state index in [1.807, 2.05) is 76.0 Å². The Labute approximate surface area is 208 Å². The lowest BCUT2D eigenvalue weighted by atomic mass is 11.0. The van der Waals surface area contributed by atoms with Crippen LogP contribution in [-0.2, 0) is 11.4 Å². The molecule has 0 atom stereocenters. The molecule has 28 heavy (non-hydrogen) atoms. The molecule has 0 aliphatic heterocycles. The van der Waals surface area contributed by atoms with Gasteiger partial charge in [0.15, 0.2) is 0 Å². The summed E-state index contributed by atoms with van der Waals surface area (Å²) in [5, 5.41) is 0. The van der Waals surface area contributed by atoms with Gasteiger partial charge in [-0.1, -0.05) is 48.9 Å². The van der Waals surface area contributed by atoms with E-state index in [0.29, 0.717) is 0 Å². The molecule has 0 aromatic heterocycles. The average Bonchev–Trinajstić information content (AvgIpc) is 2.56. The van der Waals surface area contributed by atoms with Gasteiger partial charge in [0.2, 0.25) is 0 Å². The van der Waals surface area contributed by atoms with Gasteiger partial charge in [-0.3, -0.25) is 9.11 Å². The fourth-order valence-electron chi connectivity index (χ4n) is 0.441. The maximum Gasteiger partial charge on any atom is 0.299 e. The van der Waals surface area contributed by atoms with Gasteiger partial charge >= 0.3 is 0 Å². The van der Waals surface area contributed by atoms with Crippen molar-refractivity contribution in [3.63, 3.8) is 0 Å². The number of hydrogen-bond acceptors (Lipinski definition) is 9. The van der Waals surface area contributed by atoms with Crippen molar-refractivity contribution in [3.05, 3.63) is 0 Å². The highest BCUT2D eigenvalue weighted by molar-refractivity contribution is 8.90. The summed E-state index contributed by atoms with van der Waals surface area (Å²) in [6.45, 7) is 0. The Morgan fingerprint density at radius 1 is 0.571 bits per heavy atom. The quantitative estimate of drug-likeness (QED) is 0.255. The van der Waals surface area contributed by atoms with Gasteiger partial charge in [-0.15, -0.1) is 0 Å². The predicted octanol–water partition coefficient (Wildman–Crippen LogP) is 3.80. The topological polar surface area (TPSA) is 70.5 Å². The number of nitrogens with zero attached hydrogens (tertiary/aromatic N) is 4. The molecule has 0 aromatic carbocycles. The minimum atomic E-state index is -2.61. The van der Waals surface area contributed by atoms with Crippen LogP contribution in [0.4, 0.5) is 0 Å². The van der Waals surface area contributed by atoms with Gasteiger partial charge in [-0.25, -0.2) is 0 Å². The van der Waals surface area contributed by atoms with E-state index in [0.717, 1.165) is 17.3 Å². The molecule has 0 amide bonds.